The molecule has 1 unspecified atom stereocenters. The molecule has 0 saturated heterocycles. The van der Waals surface area contributed by atoms with E-state index >= 15 is 0 Å². The number of hydrogen-bond donors (Lipinski definition) is 3. The molecule has 0 aliphatic carbocycles. The van der Waals surface area contributed by atoms with Gasteiger partial charge in [-0.2, -0.15) is 13.2 Å². The molecule has 0 heterocycles. The number of nitrogens with one attached hydrogen (secondary N) is 1. The summed E-state index contributed by atoms with van der Waals surface area (Å²) >= 11 is 0. The smallest absolute Gasteiger partial charge is 0.416 e. The van der Waals surface area contributed by atoms with Gasteiger partial charge in [0, 0.05) is 12.2 Å². The number of aliphatic hydroxyl groups is 1. The Morgan fingerprint density at radius 1 is 1.12 bits per heavy atom. The predicted molar refractivity (Wildman–Crippen MR) is 90.5 cm³/mol. The van der Waals surface area contributed by atoms with Gasteiger partial charge in [-0.1, -0.05) is 12.1 Å². The van der Waals surface area contributed by atoms with E-state index < -0.39 is 17.8 Å². The van der Waals surface area contributed by atoms with Gasteiger partial charge in [0.05, 0.1) is 12.0 Å². The molecular formula is C18H19F3N2O3. The molecule has 0 spiro atoms. The van der Waals surface area contributed by atoms with Crippen LogP contribution >= 0.6 is 0 Å². The maximum Gasteiger partial charge on any atom is 0.416 e. The third kappa shape index (κ3) is 6.29. The molecule has 2 aromatic carbocycles. The molecule has 2 rings (SSSR count). The largest absolute Gasteiger partial charge is 0.491 e. The summed E-state index contributed by atoms with van der Waals surface area (Å²) in [5.74, 6) is -0.0754. The number of nitrogen functional groups attached to an aromatic ring is 1. The highest BCUT2D eigenvalue weighted by Crippen LogP contribution is 2.30. The van der Waals surface area contributed by atoms with Crippen LogP contribution in [0, 0.1) is 0 Å². The number of halogens is 3. The van der Waals surface area contributed by atoms with Crippen LogP contribution in [0.3, 0.4) is 0 Å². The number of alkyl halides is 3. The van der Waals surface area contributed by atoms with Gasteiger partial charge < -0.3 is 20.9 Å². The van der Waals surface area contributed by atoms with E-state index in [9.17, 15) is 23.1 Å². The first kappa shape index (κ1) is 19.6. The van der Waals surface area contributed by atoms with Gasteiger partial charge in [0.1, 0.15) is 18.5 Å². The average molecular weight is 368 g/mol. The van der Waals surface area contributed by atoms with Gasteiger partial charge in [0.2, 0.25) is 5.91 Å². The fraction of sp³-hybridized carbons (Fsp3) is 0.278. The number of amides is 1. The highest BCUT2D eigenvalue weighted by Gasteiger charge is 2.30. The lowest BCUT2D eigenvalue weighted by Crippen LogP contribution is -2.36. The summed E-state index contributed by atoms with van der Waals surface area (Å²) in [6, 6.07) is 11.0. The Kier molecular flexibility index (Phi) is 6.46. The molecule has 0 fully saturated rings. The second-order valence-electron chi connectivity index (χ2n) is 5.71. The summed E-state index contributed by atoms with van der Waals surface area (Å²) in [6.07, 6.45) is -5.26. The molecule has 4 N–H and O–H groups in total. The van der Waals surface area contributed by atoms with Crippen LogP contribution in [0.1, 0.15) is 11.1 Å². The molecular weight excluding hydrogens is 349 g/mol. The van der Waals surface area contributed by atoms with E-state index in [1.165, 1.54) is 12.1 Å². The SMILES string of the molecule is Nc1ccc(CC(=O)NCC(O)COc2ccc(C(F)(F)F)cc2)cc1. The van der Waals surface area contributed by atoms with Gasteiger partial charge in [0.25, 0.3) is 0 Å². The zero-order valence-corrected chi connectivity index (χ0v) is 13.8. The first-order chi connectivity index (χ1) is 12.2. The van der Waals surface area contributed by atoms with Crippen LogP contribution in [0.4, 0.5) is 18.9 Å². The Hall–Kier alpha value is -2.74. The fourth-order valence-corrected chi connectivity index (χ4v) is 2.11. The zero-order chi connectivity index (χ0) is 19.2. The van der Waals surface area contributed by atoms with E-state index in [4.69, 9.17) is 10.5 Å². The van der Waals surface area contributed by atoms with Crippen molar-refractivity contribution >= 4 is 11.6 Å². The van der Waals surface area contributed by atoms with Crippen LogP contribution in [0.2, 0.25) is 0 Å². The molecule has 0 radical (unpaired) electrons. The van der Waals surface area contributed by atoms with Crippen LogP contribution < -0.4 is 15.8 Å². The molecule has 0 aromatic heterocycles. The molecule has 1 amide bonds. The molecule has 5 nitrogen and oxygen atoms in total. The number of hydrogen-bond acceptors (Lipinski definition) is 4. The topological polar surface area (TPSA) is 84.6 Å². The van der Waals surface area contributed by atoms with Gasteiger partial charge in [0.15, 0.2) is 0 Å². The van der Waals surface area contributed by atoms with Crippen molar-refractivity contribution in [1.29, 1.82) is 0 Å². The van der Waals surface area contributed by atoms with E-state index in [0.717, 1.165) is 17.7 Å². The minimum Gasteiger partial charge on any atom is -0.491 e. The number of ether oxygens (including phenoxy) is 1. The van der Waals surface area contributed by atoms with Crippen molar-refractivity contribution < 1.29 is 27.8 Å². The van der Waals surface area contributed by atoms with Crippen molar-refractivity contribution in [2.45, 2.75) is 18.7 Å². The molecule has 26 heavy (non-hydrogen) atoms. The van der Waals surface area contributed by atoms with Crippen molar-refractivity contribution in [3.05, 3.63) is 59.7 Å². The lowest BCUT2D eigenvalue weighted by molar-refractivity contribution is -0.137. The van der Waals surface area contributed by atoms with Gasteiger partial charge in [-0.05, 0) is 42.0 Å². The molecule has 1 atom stereocenters. The summed E-state index contributed by atoms with van der Waals surface area (Å²) < 4.78 is 42.6. The molecule has 8 heteroatoms. The lowest BCUT2D eigenvalue weighted by Gasteiger charge is -2.14. The van der Waals surface area contributed by atoms with E-state index in [-0.39, 0.29) is 31.2 Å². The third-order valence-corrected chi connectivity index (χ3v) is 3.50. The van der Waals surface area contributed by atoms with Gasteiger partial charge >= 0.3 is 6.18 Å². The summed E-state index contributed by atoms with van der Waals surface area (Å²) in [6.45, 7) is -0.193. The molecule has 140 valence electrons. The monoisotopic (exact) mass is 368 g/mol. The second-order valence-corrected chi connectivity index (χ2v) is 5.71. The zero-order valence-electron chi connectivity index (χ0n) is 13.8. The minimum absolute atomic E-state index is 0.0333. The van der Waals surface area contributed by atoms with Crippen LogP contribution in [-0.4, -0.2) is 30.3 Å². The summed E-state index contributed by atoms with van der Waals surface area (Å²) in [7, 11) is 0. The number of nitrogens with two attached hydrogens (primary N) is 1. The highest BCUT2D eigenvalue weighted by atomic mass is 19.4. The first-order valence-corrected chi connectivity index (χ1v) is 7.83. The Balaban J connectivity index is 1.72. The van der Waals surface area contributed by atoms with Crippen LogP contribution in [-0.2, 0) is 17.4 Å². The predicted octanol–water partition coefficient (Wildman–Crippen LogP) is 2.39. The van der Waals surface area contributed by atoms with Crippen molar-refractivity contribution in [3.8, 4) is 5.75 Å². The quantitative estimate of drug-likeness (QED) is 0.655. The van der Waals surface area contributed by atoms with Crippen molar-refractivity contribution in [3.63, 3.8) is 0 Å². The highest BCUT2D eigenvalue weighted by molar-refractivity contribution is 5.78. The van der Waals surface area contributed by atoms with Gasteiger partial charge in [-0.15, -0.1) is 0 Å². The first-order valence-electron chi connectivity index (χ1n) is 7.83. The number of carbonyl (C=O) groups excluding carboxylic acids is 1. The Morgan fingerprint density at radius 2 is 1.73 bits per heavy atom. The fourth-order valence-electron chi connectivity index (χ4n) is 2.11. The van der Waals surface area contributed by atoms with Gasteiger partial charge in [-0.25, -0.2) is 0 Å². The van der Waals surface area contributed by atoms with Crippen molar-refractivity contribution in [2.24, 2.45) is 0 Å². The Morgan fingerprint density at radius 3 is 2.31 bits per heavy atom. The molecule has 0 bridgehead atoms. The van der Waals surface area contributed by atoms with Crippen molar-refractivity contribution in [1.82, 2.24) is 5.32 Å². The summed E-state index contributed by atoms with van der Waals surface area (Å²) in [4.78, 5) is 11.8. The number of carbonyl (C=O) groups is 1. The van der Waals surface area contributed by atoms with E-state index in [0.29, 0.717) is 5.69 Å². The second kappa shape index (κ2) is 8.57. The molecule has 2 aromatic rings. The van der Waals surface area contributed by atoms with E-state index in [2.05, 4.69) is 5.32 Å². The molecule has 0 aliphatic rings. The third-order valence-electron chi connectivity index (χ3n) is 3.50. The number of benzene rings is 2. The van der Waals surface area contributed by atoms with E-state index in [1.54, 1.807) is 24.3 Å². The average Bonchev–Trinajstić information content (AvgIpc) is 2.60. The minimum atomic E-state index is -4.41. The molecule has 0 saturated carbocycles. The number of aliphatic hydroxyl groups excluding tert-OH is 1. The van der Waals surface area contributed by atoms with Crippen LogP contribution in [0.5, 0.6) is 5.75 Å². The van der Waals surface area contributed by atoms with E-state index in [1.807, 2.05) is 0 Å². The van der Waals surface area contributed by atoms with Crippen LogP contribution in [0.25, 0.3) is 0 Å². The maximum absolute atomic E-state index is 12.5. The standard InChI is InChI=1S/C18H19F3N2O3/c19-18(20,21)13-3-7-16(8-4-13)26-11-15(24)10-23-17(25)9-12-1-5-14(22)6-2-12/h1-8,15,24H,9-11,22H2,(H,23,25). The summed E-state index contributed by atoms with van der Waals surface area (Å²) in [5.41, 5.74) is 6.17. The number of anilines is 1. The normalized spacial score (nSPS) is 12.5. The molecule has 0 aliphatic heterocycles. The van der Waals surface area contributed by atoms with Gasteiger partial charge in [-0.3, -0.25) is 4.79 Å². The maximum atomic E-state index is 12.5. The number of rotatable bonds is 7. The van der Waals surface area contributed by atoms with Crippen molar-refractivity contribution in [2.75, 3.05) is 18.9 Å². The Labute approximate surface area is 148 Å². The van der Waals surface area contributed by atoms with Crippen LogP contribution in [0.15, 0.2) is 48.5 Å². The summed E-state index contributed by atoms with van der Waals surface area (Å²) in [5, 5.41) is 12.4. The Bertz CT molecular complexity index is 716. The lowest BCUT2D eigenvalue weighted by atomic mass is 10.1.